The number of halogens is 1. The molecule has 0 bridgehead atoms. The third kappa shape index (κ3) is 4.08. The molecule has 0 N–H and O–H groups in total. The normalized spacial score (nSPS) is 17.4. The summed E-state index contributed by atoms with van der Waals surface area (Å²) in [5, 5.41) is 0. The summed E-state index contributed by atoms with van der Waals surface area (Å²) in [5.41, 5.74) is 1.42. The number of carbonyl (C=O) groups excluding carboxylic acids is 1. The lowest BCUT2D eigenvalue weighted by Crippen LogP contribution is -2.42. The Bertz CT molecular complexity index is 453. The zero-order valence-corrected chi connectivity index (χ0v) is 14.1. The number of benzene rings is 1. The number of amides is 1. The molecule has 1 amide bonds. The lowest BCUT2D eigenvalue weighted by Gasteiger charge is -2.31. The Morgan fingerprint density at radius 2 is 1.95 bits per heavy atom. The third-order valence-electron chi connectivity index (χ3n) is 4.22. The highest BCUT2D eigenvalue weighted by Crippen LogP contribution is 2.29. The summed E-state index contributed by atoms with van der Waals surface area (Å²) in [6, 6.07) is 8.45. The number of likely N-dealkylation sites (tertiary alicyclic amines) is 1. The van der Waals surface area contributed by atoms with Crippen LogP contribution in [0.15, 0.2) is 28.7 Å². The molecule has 110 valence electrons. The maximum absolute atomic E-state index is 12.2. The van der Waals surface area contributed by atoms with Crippen molar-refractivity contribution in [1.82, 2.24) is 4.90 Å². The van der Waals surface area contributed by atoms with Crippen molar-refractivity contribution in [3.05, 3.63) is 34.3 Å². The number of rotatable bonds is 5. The maximum atomic E-state index is 12.2. The zero-order chi connectivity index (χ0) is 14.6. The Kier molecular flexibility index (Phi) is 5.25. The van der Waals surface area contributed by atoms with Crippen molar-refractivity contribution in [1.29, 1.82) is 0 Å². The minimum atomic E-state index is 0.0722. The highest BCUT2D eigenvalue weighted by Gasteiger charge is 2.34. The van der Waals surface area contributed by atoms with Gasteiger partial charge in [-0.15, -0.1) is 0 Å². The molecule has 0 atom stereocenters. The highest BCUT2D eigenvalue weighted by atomic mass is 79.9. The number of carbonyl (C=O) groups is 1. The van der Waals surface area contributed by atoms with E-state index in [-0.39, 0.29) is 5.54 Å². The van der Waals surface area contributed by atoms with Gasteiger partial charge in [0.15, 0.2) is 0 Å². The Labute approximate surface area is 130 Å². The second-order valence-electron chi connectivity index (χ2n) is 6.29. The van der Waals surface area contributed by atoms with Gasteiger partial charge in [-0.25, -0.2) is 0 Å². The molecule has 0 unspecified atom stereocenters. The predicted octanol–water partition coefficient (Wildman–Crippen LogP) is 4.56. The van der Waals surface area contributed by atoms with Gasteiger partial charge >= 0.3 is 0 Å². The van der Waals surface area contributed by atoms with Gasteiger partial charge in [0, 0.05) is 23.0 Å². The molecule has 1 aromatic rings. The standard InChI is InChI=1S/C17H24BrNO/c1-17(2)12-5-13-19(17)16(20)7-4-3-6-14-8-10-15(18)11-9-14/h8-11H,3-7,12-13H2,1-2H3. The molecule has 1 saturated heterocycles. The van der Waals surface area contributed by atoms with E-state index in [4.69, 9.17) is 0 Å². The first kappa shape index (κ1) is 15.6. The Balaban J connectivity index is 1.71. The van der Waals surface area contributed by atoms with Crippen LogP contribution in [0.1, 0.15) is 51.5 Å². The molecule has 0 aromatic heterocycles. The fraction of sp³-hybridized carbons (Fsp3) is 0.588. The van der Waals surface area contributed by atoms with Crippen molar-refractivity contribution in [2.24, 2.45) is 0 Å². The average Bonchev–Trinajstić information content (AvgIpc) is 2.76. The summed E-state index contributed by atoms with van der Waals surface area (Å²) < 4.78 is 1.12. The SMILES string of the molecule is CC1(C)CCCN1C(=O)CCCCc1ccc(Br)cc1. The van der Waals surface area contributed by atoms with Crippen molar-refractivity contribution in [2.75, 3.05) is 6.54 Å². The fourth-order valence-corrected chi connectivity index (χ4v) is 3.23. The van der Waals surface area contributed by atoms with Gasteiger partial charge in [-0.05, 0) is 63.6 Å². The van der Waals surface area contributed by atoms with E-state index < -0.39 is 0 Å². The smallest absolute Gasteiger partial charge is 0.223 e. The fourth-order valence-electron chi connectivity index (χ4n) is 2.96. The van der Waals surface area contributed by atoms with Crippen LogP contribution in [0.3, 0.4) is 0 Å². The molecular formula is C17H24BrNO. The summed E-state index contributed by atoms with van der Waals surface area (Å²) >= 11 is 3.44. The molecule has 2 rings (SSSR count). The number of nitrogens with zero attached hydrogens (tertiary/aromatic N) is 1. The molecular weight excluding hydrogens is 314 g/mol. The lowest BCUT2D eigenvalue weighted by molar-refractivity contribution is -0.134. The van der Waals surface area contributed by atoms with Crippen molar-refractivity contribution in [3.63, 3.8) is 0 Å². The van der Waals surface area contributed by atoms with Gasteiger partial charge in [0.1, 0.15) is 0 Å². The second-order valence-corrected chi connectivity index (χ2v) is 7.21. The van der Waals surface area contributed by atoms with Crippen LogP contribution in [0.2, 0.25) is 0 Å². The first-order chi connectivity index (χ1) is 9.49. The van der Waals surface area contributed by atoms with Crippen LogP contribution < -0.4 is 0 Å². The Morgan fingerprint density at radius 1 is 1.25 bits per heavy atom. The molecule has 1 aliphatic heterocycles. The number of hydrogen-bond acceptors (Lipinski definition) is 1. The van der Waals surface area contributed by atoms with Gasteiger partial charge in [0.25, 0.3) is 0 Å². The number of hydrogen-bond donors (Lipinski definition) is 0. The molecule has 20 heavy (non-hydrogen) atoms. The minimum absolute atomic E-state index is 0.0722. The molecule has 0 saturated carbocycles. The molecule has 0 radical (unpaired) electrons. The highest BCUT2D eigenvalue weighted by molar-refractivity contribution is 9.10. The first-order valence-electron chi connectivity index (χ1n) is 7.54. The Morgan fingerprint density at radius 3 is 2.55 bits per heavy atom. The van der Waals surface area contributed by atoms with E-state index in [9.17, 15) is 4.79 Å². The summed E-state index contributed by atoms with van der Waals surface area (Å²) in [6.45, 7) is 5.30. The number of unbranched alkanes of at least 4 members (excludes halogenated alkanes) is 1. The molecule has 0 aliphatic carbocycles. The van der Waals surface area contributed by atoms with Gasteiger partial charge in [0.05, 0.1) is 0 Å². The van der Waals surface area contributed by atoms with Crippen LogP contribution in [0.25, 0.3) is 0 Å². The maximum Gasteiger partial charge on any atom is 0.223 e. The van der Waals surface area contributed by atoms with E-state index in [1.807, 2.05) is 0 Å². The third-order valence-corrected chi connectivity index (χ3v) is 4.75. The molecule has 1 aliphatic rings. The van der Waals surface area contributed by atoms with Gasteiger partial charge in [-0.3, -0.25) is 4.79 Å². The van der Waals surface area contributed by atoms with Crippen LogP contribution in [0.5, 0.6) is 0 Å². The quantitative estimate of drug-likeness (QED) is 0.721. The van der Waals surface area contributed by atoms with Gasteiger partial charge in [-0.1, -0.05) is 28.1 Å². The van der Waals surface area contributed by atoms with E-state index >= 15 is 0 Å². The van der Waals surface area contributed by atoms with Crippen molar-refractivity contribution >= 4 is 21.8 Å². The summed E-state index contributed by atoms with van der Waals surface area (Å²) in [5.74, 6) is 0.336. The predicted molar refractivity (Wildman–Crippen MR) is 86.7 cm³/mol. The van der Waals surface area contributed by atoms with E-state index in [2.05, 4.69) is 58.9 Å². The lowest BCUT2D eigenvalue weighted by atomic mass is 10.0. The van der Waals surface area contributed by atoms with Crippen LogP contribution in [-0.2, 0) is 11.2 Å². The summed E-state index contributed by atoms with van der Waals surface area (Å²) in [4.78, 5) is 14.3. The molecule has 1 heterocycles. The summed E-state index contributed by atoms with van der Waals surface area (Å²) in [6.07, 6.45) is 6.11. The van der Waals surface area contributed by atoms with Crippen molar-refractivity contribution in [2.45, 2.75) is 57.9 Å². The van der Waals surface area contributed by atoms with E-state index in [1.165, 1.54) is 5.56 Å². The van der Waals surface area contributed by atoms with Crippen molar-refractivity contribution in [3.8, 4) is 0 Å². The molecule has 0 spiro atoms. The molecule has 2 nitrogen and oxygen atoms in total. The van der Waals surface area contributed by atoms with Crippen LogP contribution in [-0.4, -0.2) is 22.9 Å². The van der Waals surface area contributed by atoms with Gasteiger partial charge < -0.3 is 4.90 Å². The zero-order valence-electron chi connectivity index (χ0n) is 12.5. The van der Waals surface area contributed by atoms with Crippen LogP contribution in [0.4, 0.5) is 0 Å². The topological polar surface area (TPSA) is 20.3 Å². The number of aryl methyl sites for hydroxylation is 1. The molecule has 1 fully saturated rings. The Hall–Kier alpha value is -0.830. The van der Waals surface area contributed by atoms with Gasteiger partial charge in [-0.2, -0.15) is 0 Å². The largest absolute Gasteiger partial charge is 0.338 e. The van der Waals surface area contributed by atoms with E-state index in [0.717, 1.165) is 43.1 Å². The second kappa shape index (κ2) is 6.75. The molecule has 1 aromatic carbocycles. The van der Waals surface area contributed by atoms with E-state index in [0.29, 0.717) is 12.3 Å². The summed E-state index contributed by atoms with van der Waals surface area (Å²) in [7, 11) is 0. The van der Waals surface area contributed by atoms with Crippen LogP contribution in [0, 0.1) is 0 Å². The van der Waals surface area contributed by atoms with Crippen LogP contribution >= 0.6 is 15.9 Å². The van der Waals surface area contributed by atoms with Crippen molar-refractivity contribution < 1.29 is 4.79 Å². The minimum Gasteiger partial charge on any atom is -0.338 e. The average molecular weight is 338 g/mol. The van der Waals surface area contributed by atoms with E-state index in [1.54, 1.807) is 0 Å². The first-order valence-corrected chi connectivity index (χ1v) is 8.33. The van der Waals surface area contributed by atoms with Gasteiger partial charge in [0.2, 0.25) is 5.91 Å². The monoisotopic (exact) mass is 337 g/mol. The molecule has 3 heteroatoms.